The van der Waals surface area contributed by atoms with Crippen LogP contribution >= 0.6 is 0 Å². The first-order chi connectivity index (χ1) is 26.8. The van der Waals surface area contributed by atoms with Gasteiger partial charge < -0.3 is 9.32 Å². The van der Waals surface area contributed by atoms with E-state index in [4.69, 9.17) is 4.42 Å². The number of hydrogen-bond acceptors (Lipinski definition) is 2. The third kappa shape index (κ3) is 5.62. The smallest absolute Gasteiger partial charge is 0.137 e. The molecule has 0 amide bonds. The van der Waals surface area contributed by atoms with E-state index < -0.39 is 0 Å². The Balaban J connectivity index is 1.16. The van der Waals surface area contributed by atoms with Gasteiger partial charge in [-0.2, -0.15) is 0 Å². The molecule has 0 fully saturated rings. The molecule has 0 aliphatic carbocycles. The van der Waals surface area contributed by atoms with Gasteiger partial charge >= 0.3 is 0 Å². The quantitative estimate of drug-likeness (QED) is 0.166. The second-order valence-corrected chi connectivity index (χ2v) is 13.7. The number of nitrogens with zero attached hydrogens (tertiary/aromatic N) is 1. The van der Waals surface area contributed by atoms with Crippen molar-refractivity contribution < 1.29 is 4.42 Å². The van der Waals surface area contributed by atoms with Crippen LogP contribution in [0.5, 0.6) is 0 Å². The summed E-state index contributed by atoms with van der Waals surface area (Å²) < 4.78 is 6.81. The molecular formula is C52H35NO. The van der Waals surface area contributed by atoms with Crippen molar-refractivity contribution in [1.82, 2.24) is 0 Å². The van der Waals surface area contributed by atoms with Crippen molar-refractivity contribution in [3.63, 3.8) is 0 Å². The maximum Gasteiger partial charge on any atom is 0.137 e. The Morgan fingerprint density at radius 3 is 1.24 bits per heavy atom. The molecule has 2 nitrogen and oxygen atoms in total. The largest absolute Gasteiger partial charge is 0.456 e. The van der Waals surface area contributed by atoms with Crippen LogP contribution in [0.3, 0.4) is 0 Å². The van der Waals surface area contributed by atoms with Crippen LogP contribution in [-0.2, 0) is 0 Å². The molecule has 0 saturated carbocycles. The van der Waals surface area contributed by atoms with Crippen molar-refractivity contribution >= 4 is 49.8 Å². The summed E-state index contributed by atoms with van der Waals surface area (Å²) in [6.07, 6.45) is 0. The minimum Gasteiger partial charge on any atom is -0.456 e. The van der Waals surface area contributed by atoms with Gasteiger partial charge in [-0.25, -0.2) is 0 Å². The van der Waals surface area contributed by atoms with Crippen LogP contribution < -0.4 is 4.90 Å². The Morgan fingerprint density at radius 1 is 0.296 bits per heavy atom. The van der Waals surface area contributed by atoms with Crippen molar-refractivity contribution in [2.24, 2.45) is 0 Å². The van der Waals surface area contributed by atoms with Gasteiger partial charge in [-0.05, 0) is 97.7 Å². The monoisotopic (exact) mass is 689 g/mol. The maximum atomic E-state index is 6.81. The van der Waals surface area contributed by atoms with Gasteiger partial charge in [0.05, 0.1) is 11.1 Å². The molecule has 0 bridgehead atoms. The zero-order valence-electron chi connectivity index (χ0n) is 29.6. The summed E-state index contributed by atoms with van der Waals surface area (Å²) in [5.41, 5.74) is 14.4. The topological polar surface area (TPSA) is 16.4 Å². The Hall–Kier alpha value is -7.16. The lowest BCUT2D eigenvalue weighted by atomic mass is 9.93. The zero-order valence-corrected chi connectivity index (χ0v) is 29.6. The van der Waals surface area contributed by atoms with Gasteiger partial charge in [0.1, 0.15) is 11.2 Å². The highest BCUT2D eigenvalue weighted by Gasteiger charge is 2.22. The van der Waals surface area contributed by atoms with Crippen molar-refractivity contribution in [3.8, 4) is 44.5 Å². The summed E-state index contributed by atoms with van der Waals surface area (Å²) in [4.78, 5) is 2.37. The first-order valence-electron chi connectivity index (χ1n) is 18.4. The van der Waals surface area contributed by atoms with Crippen LogP contribution in [-0.4, -0.2) is 0 Å². The SMILES string of the molecule is c1ccc(-c2ccc(-c3cc4oc5cccc(N(c6ccc(-c7ccccc7)cc6)c6ccc(-c7ccccc7)cc6)c5c4c4ccccc34)cc2)cc1. The summed E-state index contributed by atoms with van der Waals surface area (Å²) >= 11 is 0. The Morgan fingerprint density at radius 2 is 0.722 bits per heavy atom. The minimum absolute atomic E-state index is 0.857. The lowest BCUT2D eigenvalue weighted by molar-refractivity contribution is 0.669. The van der Waals surface area contributed by atoms with Gasteiger partial charge in [0.25, 0.3) is 0 Å². The number of furan rings is 1. The predicted molar refractivity (Wildman–Crippen MR) is 228 cm³/mol. The molecule has 0 radical (unpaired) electrons. The fourth-order valence-corrected chi connectivity index (χ4v) is 7.85. The average Bonchev–Trinajstić information content (AvgIpc) is 3.65. The molecule has 9 aromatic carbocycles. The number of fused-ring (bicyclic) bond motifs is 5. The number of benzene rings is 9. The van der Waals surface area contributed by atoms with E-state index in [1.807, 2.05) is 0 Å². The van der Waals surface area contributed by atoms with Crippen molar-refractivity contribution in [2.45, 2.75) is 0 Å². The maximum absolute atomic E-state index is 6.81. The fourth-order valence-electron chi connectivity index (χ4n) is 7.85. The number of hydrogen-bond donors (Lipinski definition) is 0. The summed E-state index contributed by atoms with van der Waals surface area (Å²) in [5, 5.41) is 4.57. The third-order valence-electron chi connectivity index (χ3n) is 10.5. The van der Waals surface area contributed by atoms with Crippen molar-refractivity contribution in [3.05, 3.63) is 212 Å². The summed E-state index contributed by atoms with van der Waals surface area (Å²) in [6, 6.07) is 75.7. The van der Waals surface area contributed by atoms with E-state index in [0.717, 1.165) is 50.1 Å². The summed E-state index contributed by atoms with van der Waals surface area (Å²) in [6.45, 7) is 0. The molecule has 1 aromatic heterocycles. The molecule has 0 aliphatic heterocycles. The van der Waals surface area contributed by atoms with E-state index in [9.17, 15) is 0 Å². The minimum atomic E-state index is 0.857. The van der Waals surface area contributed by atoms with E-state index in [-0.39, 0.29) is 0 Å². The zero-order chi connectivity index (χ0) is 35.8. The molecule has 1 heterocycles. The lowest BCUT2D eigenvalue weighted by Crippen LogP contribution is -2.10. The molecule has 2 heteroatoms. The summed E-state index contributed by atoms with van der Waals surface area (Å²) in [5.74, 6) is 0. The van der Waals surface area contributed by atoms with Crippen LogP contribution in [0.15, 0.2) is 217 Å². The second-order valence-electron chi connectivity index (χ2n) is 13.7. The molecule has 0 atom stereocenters. The first-order valence-corrected chi connectivity index (χ1v) is 18.4. The molecule has 0 spiro atoms. The van der Waals surface area contributed by atoms with Crippen molar-refractivity contribution in [1.29, 1.82) is 0 Å². The van der Waals surface area contributed by atoms with Gasteiger partial charge in [-0.1, -0.05) is 170 Å². The van der Waals surface area contributed by atoms with E-state index in [1.165, 1.54) is 44.2 Å². The Labute approximate surface area is 314 Å². The van der Waals surface area contributed by atoms with E-state index in [1.54, 1.807) is 0 Å². The fraction of sp³-hybridized carbons (Fsp3) is 0. The van der Waals surface area contributed by atoms with Crippen LogP contribution in [0.25, 0.3) is 77.2 Å². The number of anilines is 3. The third-order valence-corrected chi connectivity index (χ3v) is 10.5. The van der Waals surface area contributed by atoms with Crippen LogP contribution in [0.4, 0.5) is 17.1 Å². The van der Waals surface area contributed by atoms with Crippen LogP contribution in [0.2, 0.25) is 0 Å². The molecule has 0 N–H and O–H groups in total. The highest BCUT2D eigenvalue weighted by Crippen LogP contribution is 2.47. The van der Waals surface area contributed by atoms with Crippen molar-refractivity contribution in [2.75, 3.05) is 4.90 Å². The molecule has 10 rings (SSSR count). The van der Waals surface area contributed by atoms with Gasteiger partial charge in [-0.15, -0.1) is 0 Å². The average molecular weight is 690 g/mol. The molecule has 0 saturated heterocycles. The first kappa shape index (κ1) is 31.6. The normalized spacial score (nSPS) is 11.3. The van der Waals surface area contributed by atoms with E-state index in [2.05, 4.69) is 217 Å². The molecular weight excluding hydrogens is 655 g/mol. The molecule has 0 aliphatic rings. The van der Waals surface area contributed by atoms with Gasteiger partial charge in [0, 0.05) is 16.8 Å². The van der Waals surface area contributed by atoms with Crippen LogP contribution in [0, 0.1) is 0 Å². The summed E-state index contributed by atoms with van der Waals surface area (Å²) in [7, 11) is 0. The standard InChI is InChI=1S/C52H35NO/c1-4-13-36(14-5-1)39-23-25-42(26-24-39)47-35-50-51(46-20-11-10-19-45(46)47)52-48(21-12-22-49(52)54-50)53(43-31-27-40(28-32-43)37-15-6-2-7-16-37)44-33-29-41(30-34-44)38-17-8-3-9-18-38/h1-35H. The molecule has 54 heavy (non-hydrogen) atoms. The Bertz CT molecular complexity index is 2790. The molecule has 0 unspecified atom stereocenters. The van der Waals surface area contributed by atoms with Gasteiger partial charge in [0.15, 0.2) is 0 Å². The highest BCUT2D eigenvalue weighted by atomic mass is 16.3. The second kappa shape index (κ2) is 13.4. The number of rotatable bonds is 7. The van der Waals surface area contributed by atoms with E-state index in [0.29, 0.717) is 0 Å². The van der Waals surface area contributed by atoms with Gasteiger partial charge in [-0.3, -0.25) is 0 Å². The van der Waals surface area contributed by atoms with Crippen LogP contribution in [0.1, 0.15) is 0 Å². The lowest BCUT2D eigenvalue weighted by Gasteiger charge is -2.27. The van der Waals surface area contributed by atoms with Gasteiger partial charge in [0.2, 0.25) is 0 Å². The molecule has 10 aromatic rings. The predicted octanol–water partition coefficient (Wildman–Crippen LogP) is 14.9. The highest BCUT2D eigenvalue weighted by molar-refractivity contribution is 6.25. The Kier molecular flexibility index (Phi) is 7.85. The molecule has 254 valence electrons. The van der Waals surface area contributed by atoms with E-state index >= 15 is 0 Å².